The fraction of sp³-hybridized carbons (Fsp3) is 0.611. The Morgan fingerprint density at radius 2 is 1.62 bits per heavy atom. The third kappa shape index (κ3) is 4.16. The average molecular weight is 350 g/mol. The molecule has 0 radical (unpaired) electrons. The molecule has 1 aromatic carbocycles. The zero-order valence-electron chi connectivity index (χ0n) is 14.3. The third-order valence-corrected chi connectivity index (χ3v) is 6.46. The van der Waals surface area contributed by atoms with Gasteiger partial charge in [-0.05, 0) is 55.7 Å². The molecular formula is C18H26N2O3S. The van der Waals surface area contributed by atoms with Crippen LogP contribution in [0.25, 0.3) is 0 Å². The molecule has 0 atom stereocenters. The van der Waals surface area contributed by atoms with Crippen molar-refractivity contribution in [2.45, 2.75) is 32.1 Å². The second-order valence-electron chi connectivity index (χ2n) is 7.01. The standard InChI is InChI=1S/C18H26N2O3S/c1-24(22,23)20-12-8-16(9-13-20)14-15-4-6-17(7-5-15)18(21)19-10-2-3-11-19/h4-7,16H,2-3,8-14H2,1H3. The number of amides is 1. The van der Waals surface area contributed by atoms with Crippen LogP contribution in [0.4, 0.5) is 0 Å². The summed E-state index contributed by atoms with van der Waals surface area (Å²) in [5.74, 6) is 0.656. The zero-order chi connectivity index (χ0) is 17.2. The first-order chi connectivity index (χ1) is 11.4. The minimum Gasteiger partial charge on any atom is -0.339 e. The quantitative estimate of drug-likeness (QED) is 0.836. The number of nitrogens with zero attached hydrogens (tertiary/aromatic N) is 2. The predicted molar refractivity (Wildman–Crippen MR) is 94.4 cm³/mol. The molecule has 0 saturated carbocycles. The molecule has 0 N–H and O–H groups in total. The molecule has 1 amide bonds. The lowest BCUT2D eigenvalue weighted by atomic mass is 9.90. The molecule has 5 nitrogen and oxygen atoms in total. The maximum Gasteiger partial charge on any atom is 0.253 e. The molecule has 2 heterocycles. The molecule has 0 unspecified atom stereocenters. The van der Waals surface area contributed by atoms with E-state index in [1.807, 2.05) is 29.2 Å². The van der Waals surface area contributed by atoms with Gasteiger partial charge in [0.1, 0.15) is 0 Å². The second-order valence-corrected chi connectivity index (χ2v) is 8.99. The Bertz CT molecular complexity index is 671. The zero-order valence-corrected chi connectivity index (χ0v) is 15.1. The molecule has 0 aliphatic carbocycles. The molecule has 1 aromatic rings. The highest BCUT2D eigenvalue weighted by Crippen LogP contribution is 2.23. The number of hydrogen-bond donors (Lipinski definition) is 0. The lowest BCUT2D eigenvalue weighted by Crippen LogP contribution is -2.38. The summed E-state index contributed by atoms with van der Waals surface area (Å²) in [6.07, 6.45) is 6.26. The summed E-state index contributed by atoms with van der Waals surface area (Å²) in [6, 6.07) is 7.96. The first kappa shape index (κ1) is 17.4. The van der Waals surface area contributed by atoms with Crippen LogP contribution in [0.15, 0.2) is 24.3 Å². The van der Waals surface area contributed by atoms with Crippen molar-refractivity contribution in [2.75, 3.05) is 32.4 Å². The molecular weight excluding hydrogens is 324 g/mol. The second kappa shape index (κ2) is 7.23. The number of benzene rings is 1. The highest BCUT2D eigenvalue weighted by molar-refractivity contribution is 7.88. The number of hydrogen-bond acceptors (Lipinski definition) is 3. The van der Waals surface area contributed by atoms with Crippen LogP contribution in [0, 0.1) is 5.92 Å². The monoisotopic (exact) mass is 350 g/mol. The molecule has 2 aliphatic rings. The summed E-state index contributed by atoms with van der Waals surface area (Å²) in [5, 5.41) is 0. The lowest BCUT2D eigenvalue weighted by Gasteiger charge is -2.30. The van der Waals surface area contributed by atoms with E-state index in [2.05, 4.69) is 0 Å². The summed E-state index contributed by atoms with van der Waals surface area (Å²) in [6.45, 7) is 2.99. The Labute approximate surface area is 144 Å². The highest BCUT2D eigenvalue weighted by Gasteiger charge is 2.25. The van der Waals surface area contributed by atoms with Crippen LogP contribution in [0.2, 0.25) is 0 Å². The summed E-state index contributed by atoms with van der Waals surface area (Å²) in [4.78, 5) is 14.3. The molecule has 132 valence electrons. The fourth-order valence-corrected chi connectivity index (χ4v) is 4.54. The Balaban J connectivity index is 1.54. The van der Waals surface area contributed by atoms with Crippen molar-refractivity contribution in [2.24, 2.45) is 5.92 Å². The van der Waals surface area contributed by atoms with E-state index in [0.717, 1.165) is 50.8 Å². The Hall–Kier alpha value is -1.40. The van der Waals surface area contributed by atoms with Crippen LogP contribution in [0.3, 0.4) is 0 Å². The van der Waals surface area contributed by atoms with Gasteiger partial charge in [0, 0.05) is 31.7 Å². The Morgan fingerprint density at radius 3 is 2.17 bits per heavy atom. The summed E-state index contributed by atoms with van der Waals surface area (Å²) >= 11 is 0. The maximum atomic E-state index is 12.3. The molecule has 2 saturated heterocycles. The van der Waals surface area contributed by atoms with Crippen molar-refractivity contribution < 1.29 is 13.2 Å². The van der Waals surface area contributed by atoms with Gasteiger partial charge in [-0.3, -0.25) is 4.79 Å². The van der Waals surface area contributed by atoms with Crippen LogP contribution in [-0.4, -0.2) is 56.0 Å². The first-order valence-electron chi connectivity index (χ1n) is 8.77. The SMILES string of the molecule is CS(=O)(=O)N1CCC(Cc2ccc(C(=O)N3CCCC3)cc2)CC1. The minimum absolute atomic E-state index is 0.139. The van der Waals surface area contributed by atoms with Gasteiger partial charge in [0.25, 0.3) is 5.91 Å². The normalized spacial score (nSPS) is 20.5. The van der Waals surface area contributed by atoms with Crippen molar-refractivity contribution in [1.29, 1.82) is 0 Å². The average Bonchev–Trinajstić information content (AvgIpc) is 3.09. The molecule has 6 heteroatoms. The highest BCUT2D eigenvalue weighted by atomic mass is 32.2. The predicted octanol–water partition coefficient (Wildman–Crippen LogP) is 2.14. The van der Waals surface area contributed by atoms with E-state index < -0.39 is 10.0 Å². The van der Waals surface area contributed by atoms with E-state index in [9.17, 15) is 13.2 Å². The van der Waals surface area contributed by atoms with Crippen LogP contribution in [-0.2, 0) is 16.4 Å². The number of piperidine rings is 1. The smallest absolute Gasteiger partial charge is 0.253 e. The molecule has 0 bridgehead atoms. The third-order valence-electron chi connectivity index (χ3n) is 5.16. The van der Waals surface area contributed by atoms with E-state index >= 15 is 0 Å². The van der Waals surface area contributed by atoms with Crippen LogP contribution >= 0.6 is 0 Å². The number of carbonyl (C=O) groups excluding carboxylic acids is 1. The minimum atomic E-state index is -3.05. The molecule has 2 aliphatic heterocycles. The van der Waals surface area contributed by atoms with Crippen molar-refractivity contribution >= 4 is 15.9 Å². The van der Waals surface area contributed by atoms with Gasteiger partial charge in [-0.2, -0.15) is 0 Å². The Kier molecular flexibility index (Phi) is 5.25. The largest absolute Gasteiger partial charge is 0.339 e. The molecule has 3 rings (SSSR count). The van der Waals surface area contributed by atoms with E-state index in [1.165, 1.54) is 11.8 Å². The van der Waals surface area contributed by atoms with E-state index in [-0.39, 0.29) is 5.91 Å². The van der Waals surface area contributed by atoms with Gasteiger partial charge in [-0.1, -0.05) is 12.1 Å². The van der Waals surface area contributed by atoms with Gasteiger partial charge < -0.3 is 4.90 Å². The number of rotatable bonds is 4. The summed E-state index contributed by atoms with van der Waals surface area (Å²) in [7, 11) is -3.05. The van der Waals surface area contributed by atoms with Crippen LogP contribution in [0.1, 0.15) is 41.6 Å². The van der Waals surface area contributed by atoms with Gasteiger partial charge in [0.2, 0.25) is 10.0 Å². The lowest BCUT2D eigenvalue weighted by molar-refractivity contribution is 0.0793. The molecule has 0 spiro atoms. The molecule has 24 heavy (non-hydrogen) atoms. The molecule has 0 aromatic heterocycles. The van der Waals surface area contributed by atoms with Gasteiger partial charge in [0.15, 0.2) is 0 Å². The number of sulfonamides is 1. The van der Waals surface area contributed by atoms with E-state index in [1.54, 1.807) is 4.31 Å². The van der Waals surface area contributed by atoms with Gasteiger partial charge in [-0.25, -0.2) is 12.7 Å². The van der Waals surface area contributed by atoms with Gasteiger partial charge in [-0.15, -0.1) is 0 Å². The van der Waals surface area contributed by atoms with Gasteiger partial charge >= 0.3 is 0 Å². The van der Waals surface area contributed by atoms with Crippen molar-refractivity contribution in [3.05, 3.63) is 35.4 Å². The maximum absolute atomic E-state index is 12.3. The van der Waals surface area contributed by atoms with E-state index in [0.29, 0.717) is 19.0 Å². The topological polar surface area (TPSA) is 57.7 Å². The Morgan fingerprint density at radius 1 is 1.04 bits per heavy atom. The summed E-state index contributed by atoms with van der Waals surface area (Å²) in [5.41, 5.74) is 2.00. The van der Waals surface area contributed by atoms with E-state index in [4.69, 9.17) is 0 Å². The fourth-order valence-electron chi connectivity index (χ4n) is 3.66. The molecule has 2 fully saturated rings. The number of likely N-dealkylation sites (tertiary alicyclic amines) is 1. The summed E-state index contributed by atoms with van der Waals surface area (Å²) < 4.78 is 24.7. The van der Waals surface area contributed by atoms with Gasteiger partial charge in [0.05, 0.1) is 6.26 Å². The van der Waals surface area contributed by atoms with Crippen molar-refractivity contribution in [1.82, 2.24) is 9.21 Å². The van der Waals surface area contributed by atoms with Crippen LogP contribution < -0.4 is 0 Å². The van der Waals surface area contributed by atoms with Crippen LogP contribution in [0.5, 0.6) is 0 Å². The number of carbonyl (C=O) groups is 1. The van der Waals surface area contributed by atoms with Crippen molar-refractivity contribution in [3.63, 3.8) is 0 Å². The van der Waals surface area contributed by atoms with Crippen molar-refractivity contribution in [3.8, 4) is 0 Å². The first-order valence-corrected chi connectivity index (χ1v) is 10.6.